The number of hydrogen-bond acceptors (Lipinski definition) is 9. The fraction of sp³-hybridized carbons (Fsp3) is 0.395. The number of nitrogens with zero attached hydrogens (tertiary/aromatic N) is 5. The first kappa shape index (κ1) is 32.7. The van der Waals surface area contributed by atoms with Crippen molar-refractivity contribution in [2.24, 2.45) is 0 Å². The Kier molecular flexibility index (Phi) is 8.63. The lowest BCUT2D eigenvalue weighted by atomic mass is 9.94. The molecule has 0 spiro atoms. The van der Waals surface area contributed by atoms with E-state index < -0.39 is 11.6 Å². The van der Waals surface area contributed by atoms with Crippen LogP contribution in [-0.4, -0.2) is 80.0 Å². The van der Waals surface area contributed by atoms with E-state index in [2.05, 4.69) is 51.1 Å². The summed E-state index contributed by atoms with van der Waals surface area (Å²) in [5.41, 5.74) is 1.13. The molecule has 9 nitrogen and oxygen atoms in total. The van der Waals surface area contributed by atoms with Gasteiger partial charge in [0.2, 0.25) is 0 Å². The zero-order valence-corrected chi connectivity index (χ0v) is 27.6. The van der Waals surface area contributed by atoms with E-state index in [1.165, 1.54) is 29.8 Å². The number of aromatic nitrogens is 3. The Morgan fingerprint density at radius 2 is 1.94 bits per heavy atom. The summed E-state index contributed by atoms with van der Waals surface area (Å²) >= 11 is 0. The quantitative estimate of drug-likeness (QED) is 0.123. The molecule has 3 N–H and O–H groups in total. The summed E-state index contributed by atoms with van der Waals surface area (Å²) in [5, 5.41) is 22.8. The molecule has 8 rings (SSSR count). The maximum Gasteiger partial charge on any atom is 0.319 e. The van der Waals surface area contributed by atoms with E-state index >= 15 is 4.39 Å². The Bertz CT molecular complexity index is 2000. The maximum absolute atomic E-state index is 16.9. The molecule has 0 amide bonds. The smallest absolute Gasteiger partial charge is 0.319 e. The minimum Gasteiger partial charge on any atom is -0.516 e. The lowest BCUT2D eigenvalue weighted by molar-refractivity contribution is 0.0836. The van der Waals surface area contributed by atoms with Crippen LogP contribution in [-0.2, 0) is 0 Å². The molecule has 2 aromatic carbocycles. The van der Waals surface area contributed by atoms with Gasteiger partial charge in [0, 0.05) is 54.9 Å². The van der Waals surface area contributed by atoms with Crippen molar-refractivity contribution in [3.05, 3.63) is 72.7 Å². The molecular formula is C38H40F2N6O3. The molecule has 4 aromatic rings. The Morgan fingerprint density at radius 1 is 1.18 bits per heavy atom. The van der Waals surface area contributed by atoms with Gasteiger partial charge in [0.15, 0.2) is 5.82 Å². The number of phenolic OH excluding ortho intramolecular Hbond substituents is 1. The summed E-state index contributed by atoms with van der Waals surface area (Å²) in [4.78, 5) is 18.8. The van der Waals surface area contributed by atoms with E-state index in [0.29, 0.717) is 46.7 Å². The minimum atomic E-state index is -0.718. The zero-order valence-electron chi connectivity index (χ0n) is 27.6. The van der Waals surface area contributed by atoms with E-state index in [-0.39, 0.29) is 39.6 Å². The molecule has 11 heteroatoms. The fourth-order valence-electron chi connectivity index (χ4n) is 8.44. The minimum absolute atomic E-state index is 0.0265. The summed E-state index contributed by atoms with van der Waals surface area (Å²) in [6.07, 6.45) is 14.2. The Hall–Kier alpha value is -4.79. The highest BCUT2D eigenvalue weighted by Gasteiger charge is 2.50. The largest absolute Gasteiger partial charge is 0.516 e. The average molecular weight is 667 g/mol. The number of rotatable bonds is 6. The van der Waals surface area contributed by atoms with Gasteiger partial charge >= 0.3 is 6.01 Å². The van der Waals surface area contributed by atoms with Gasteiger partial charge in [-0.1, -0.05) is 37.6 Å². The van der Waals surface area contributed by atoms with Gasteiger partial charge in [0.1, 0.15) is 35.2 Å². The average Bonchev–Trinajstić information content (AvgIpc) is 3.72. The molecule has 0 aliphatic carbocycles. The second-order valence-electron chi connectivity index (χ2n) is 13.6. The van der Waals surface area contributed by atoms with Crippen LogP contribution < -0.4 is 15.0 Å². The van der Waals surface area contributed by atoms with Gasteiger partial charge in [-0.25, -0.2) is 8.78 Å². The van der Waals surface area contributed by atoms with Gasteiger partial charge in [-0.05, 0) is 62.1 Å². The topological polar surface area (TPSA) is 107 Å². The molecule has 0 radical (unpaired) electrons. The molecule has 0 saturated carbocycles. The number of fused-ring (bicyclic) bond motifs is 5. The van der Waals surface area contributed by atoms with E-state index in [0.717, 1.165) is 64.4 Å². The molecule has 4 atom stereocenters. The second-order valence-corrected chi connectivity index (χ2v) is 13.6. The van der Waals surface area contributed by atoms with Gasteiger partial charge < -0.3 is 25.2 Å². The first-order chi connectivity index (χ1) is 23.7. The van der Waals surface area contributed by atoms with Gasteiger partial charge in [-0.3, -0.25) is 9.88 Å². The summed E-state index contributed by atoms with van der Waals surface area (Å²) in [5.74, 6) is 1.52. The number of anilines is 1. The molecule has 49 heavy (non-hydrogen) atoms. The highest BCUT2D eigenvalue weighted by Crippen LogP contribution is 2.45. The molecule has 4 aliphatic heterocycles. The standard InChI is InChI=1S/C36H36F2N6O2.C2H4O/c1-4-24-10-11-36(14-20(3)16-44(24)36)19-46-35-41-33-28(34(42-35)43-17-22-7-8-23(18-43)40-22)15-39-32(31(33)38)27-13-25(45)12-21-6-9-29(37)26(5-2)30(21)27;1-2-3/h2,6,9,12-13,15,22-24,40,45H,3-4,7-8,10-11,14,16-19H2,1H3;2-3H,1H2. The second kappa shape index (κ2) is 12.9. The summed E-state index contributed by atoms with van der Waals surface area (Å²) in [6, 6.07) is 6.80. The van der Waals surface area contributed by atoms with Gasteiger partial charge in [0.25, 0.3) is 0 Å². The molecule has 4 fully saturated rings. The van der Waals surface area contributed by atoms with Crippen LogP contribution in [0.15, 0.2) is 55.5 Å². The van der Waals surface area contributed by atoms with E-state index in [1.807, 2.05) is 0 Å². The van der Waals surface area contributed by atoms with E-state index in [9.17, 15) is 9.50 Å². The highest BCUT2D eigenvalue weighted by molar-refractivity contribution is 6.03. The molecule has 4 aliphatic rings. The van der Waals surface area contributed by atoms with E-state index in [1.54, 1.807) is 6.20 Å². The van der Waals surface area contributed by atoms with Crippen molar-refractivity contribution in [2.75, 3.05) is 31.1 Å². The lowest BCUT2D eigenvalue weighted by Crippen LogP contribution is -2.51. The first-order valence-corrected chi connectivity index (χ1v) is 16.8. The number of ether oxygens (including phenoxy) is 1. The summed E-state index contributed by atoms with van der Waals surface area (Å²) < 4.78 is 38.1. The third-order valence-corrected chi connectivity index (χ3v) is 10.5. The predicted molar refractivity (Wildman–Crippen MR) is 187 cm³/mol. The highest BCUT2D eigenvalue weighted by atomic mass is 19.1. The number of hydrogen-bond donors (Lipinski definition) is 3. The molecule has 2 bridgehead atoms. The maximum atomic E-state index is 16.9. The van der Waals surface area contributed by atoms with Crippen molar-refractivity contribution in [1.82, 2.24) is 25.2 Å². The number of benzene rings is 2. The third-order valence-electron chi connectivity index (χ3n) is 10.5. The van der Waals surface area contributed by atoms with Crippen LogP contribution in [0.4, 0.5) is 14.6 Å². The van der Waals surface area contributed by atoms with Gasteiger partial charge in [0.05, 0.1) is 22.8 Å². The van der Waals surface area contributed by atoms with Crippen molar-refractivity contribution < 1.29 is 23.7 Å². The number of nitrogens with one attached hydrogen (secondary N) is 1. The number of halogens is 2. The molecule has 2 aromatic heterocycles. The van der Waals surface area contributed by atoms with Crippen molar-refractivity contribution in [3.63, 3.8) is 0 Å². The van der Waals surface area contributed by atoms with Crippen LogP contribution >= 0.6 is 0 Å². The Morgan fingerprint density at radius 3 is 2.65 bits per heavy atom. The van der Waals surface area contributed by atoms with Gasteiger partial charge in [-0.2, -0.15) is 9.97 Å². The van der Waals surface area contributed by atoms with Crippen molar-refractivity contribution >= 4 is 27.5 Å². The summed E-state index contributed by atoms with van der Waals surface area (Å²) in [7, 11) is 0. The van der Waals surface area contributed by atoms with Crippen LogP contribution in [0.3, 0.4) is 0 Å². The Labute approximate surface area is 284 Å². The third kappa shape index (κ3) is 5.73. The van der Waals surface area contributed by atoms with Crippen LogP contribution in [0.2, 0.25) is 0 Å². The SMILES string of the molecule is C#Cc1c(F)ccc2cc(O)cc(-c3ncc4c(N5CC6CCC(C5)N6)nc(OCC56CCC(CC)N5CC(=C)C6)nc4c3F)c12.C=CO. The number of piperazine rings is 1. The van der Waals surface area contributed by atoms with Crippen molar-refractivity contribution in [1.29, 1.82) is 0 Å². The number of aliphatic hydroxyl groups is 1. The fourth-order valence-corrected chi connectivity index (χ4v) is 8.44. The van der Waals surface area contributed by atoms with Gasteiger partial charge in [-0.15, -0.1) is 6.42 Å². The summed E-state index contributed by atoms with van der Waals surface area (Å²) in [6.45, 7) is 12.1. The van der Waals surface area contributed by atoms with Crippen LogP contribution in [0, 0.1) is 24.0 Å². The number of terminal acetylenes is 1. The number of aliphatic hydroxyl groups excluding tert-OH is 1. The lowest BCUT2D eigenvalue weighted by Gasteiger charge is -2.35. The number of pyridine rings is 1. The first-order valence-electron chi connectivity index (χ1n) is 16.8. The molecule has 254 valence electrons. The van der Waals surface area contributed by atoms with Crippen LogP contribution in [0.25, 0.3) is 32.9 Å². The van der Waals surface area contributed by atoms with Crippen molar-refractivity contribution in [3.8, 4) is 35.4 Å². The molecular weight excluding hydrogens is 626 g/mol. The molecule has 4 unspecified atom stereocenters. The number of phenols is 1. The van der Waals surface area contributed by atoms with Crippen LogP contribution in [0.5, 0.6) is 11.8 Å². The monoisotopic (exact) mass is 666 g/mol. The number of aromatic hydroxyl groups is 1. The zero-order chi connectivity index (χ0) is 34.4. The predicted octanol–water partition coefficient (Wildman–Crippen LogP) is 6.39. The molecule has 6 heterocycles. The molecule has 4 saturated heterocycles. The van der Waals surface area contributed by atoms with Crippen LogP contribution in [0.1, 0.15) is 51.0 Å². The normalized spacial score (nSPS) is 24.5. The Balaban J connectivity index is 0.00000122. The van der Waals surface area contributed by atoms with Crippen molar-refractivity contribution in [2.45, 2.75) is 69.1 Å². The van der Waals surface area contributed by atoms with E-state index in [4.69, 9.17) is 21.3 Å².